The Morgan fingerprint density at radius 3 is 2.75 bits per heavy atom. The van der Waals surface area contributed by atoms with E-state index in [1.165, 1.54) is 18.2 Å². The molecule has 5 heteroatoms. The van der Waals surface area contributed by atoms with Gasteiger partial charge in [0, 0.05) is 24.7 Å². The number of anilines is 1. The summed E-state index contributed by atoms with van der Waals surface area (Å²) in [5.41, 5.74) is 6.01. The number of nitrogens with two attached hydrogens (primary N) is 1. The van der Waals surface area contributed by atoms with Crippen molar-refractivity contribution in [2.24, 2.45) is 0 Å². The van der Waals surface area contributed by atoms with Crippen molar-refractivity contribution in [1.82, 2.24) is 9.80 Å². The second kappa shape index (κ2) is 6.22. The molecule has 0 bridgehead atoms. The molecule has 1 aromatic carbocycles. The van der Waals surface area contributed by atoms with E-state index in [1.54, 1.807) is 0 Å². The Bertz CT molecular complexity index is 488. The highest BCUT2D eigenvalue weighted by atomic mass is 19.1. The summed E-state index contributed by atoms with van der Waals surface area (Å²) in [6, 6.07) is 4.59. The van der Waals surface area contributed by atoms with Crippen LogP contribution < -0.4 is 5.73 Å². The Balaban J connectivity index is 2.05. The van der Waals surface area contributed by atoms with Gasteiger partial charge in [-0.15, -0.1) is 0 Å². The van der Waals surface area contributed by atoms with Crippen molar-refractivity contribution in [3.8, 4) is 0 Å². The van der Waals surface area contributed by atoms with Gasteiger partial charge in [0.05, 0.1) is 5.69 Å². The van der Waals surface area contributed by atoms with Crippen LogP contribution in [0.3, 0.4) is 0 Å². The van der Waals surface area contributed by atoms with Gasteiger partial charge < -0.3 is 10.6 Å². The molecule has 1 aliphatic rings. The van der Waals surface area contributed by atoms with Crippen molar-refractivity contribution < 1.29 is 9.18 Å². The SMILES string of the molecule is CCN(CC)C1CCN(C(=O)c2ccc(F)c(N)c2)C1. The third kappa shape index (κ3) is 2.93. The number of rotatable bonds is 4. The molecule has 0 radical (unpaired) electrons. The van der Waals surface area contributed by atoms with Gasteiger partial charge in [0.2, 0.25) is 0 Å². The molecule has 1 atom stereocenters. The van der Waals surface area contributed by atoms with Gasteiger partial charge in [-0.25, -0.2) is 4.39 Å². The molecule has 1 saturated heterocycles. The number of benzene rings is 1. The predicted molar refractivity (Wildman–Crippen MR) is 78.0 cm³/mol. The molecule has 0 aromatic heterocycles. The van der Waals surface area contributed by atoms with E-state index in [0.29, 0.717) is 11.6 Å². The Morgan fingerprint density at radius 2 is 2.15 bits per heavy atom. The molecule has 1 fully saturated rings. The fourth-order valence-electron chi connectivity index (χ4n) is 2.82. The number of likely N-dealkylation sites (N-methyl/N-ethyl adjacent to an activating group) is 1. The van der Waals surface area contributed by atoms with Crippen LogP contribution in [0.2, 0.25) is 0 Å². The van der Waals surface area contributed by atoms with Gasteiger partial charge >= 0.3 is 0 Å². The second-order valence-corrected chi connectivity index (χ2v) is 5.15. The van der Waals surface area contributed by atoms with E-state index < -0.39 is 5.82 Å². The average Bonchev–Trinajstić information content (AvgIpc) is 2.92. The quantitative estimate of drug-likeness (QED) is 0.857. The summed E-state index contributed by atoms with van der Waals surface area (Å²) in [6.45, 7) is 7.73. The average molecular weight is 279 g/mol. The first-order chi connectivity index (χ1) is 9.56. The fourth-order valence-corrected chi connectivity index (χ4v) is 2.82. The van der Waals surface area contributed by atoms with E-state index in [1.807, 2.05) is 4.90 Å². The highest BCUT2D eigenvalue weighted by Gasteiger charge is 2.29. The van der Waals surface area contributed by atoms with Crippen LogP contribution in [-0.2, 0) is 0 Å². The standard InChI is InChI=1S/C15H22FN3O/c1-3-18(4-2)12-7-8-19(10-12)15(20)11-5-6-13(16)14(17)9-11/h5-6,9,12H,3-4,7-8,10,17H2,1-2H3. The molecule has 1 heterocycles. The lowest BCUT2D eigenvalue weighted by atomic mass is 10.1. The number of halogens is 1. The van der Waals surface area contributed by atoms with Gasteiger partial charge in [-0.3, -0.25) is 9.69 Å². The zero-order chi connectivity index (χ0) is 14.7. The Labute approximate surface area is 119 Å². The van der Waals surface area contributed by atoms with Crippen LogP contribution >= 0.6 is 0 Å². The highest BCUT2D eigenvalue weighted by Crippen LogP contribution is 2.20. The number of nitrogen functional groups attached to an aromatic ring is 1. The van der Waals surface area contributed by atoms with Gasteiger partial charge in [-0.2, -0.15) is 0 Å². The van der Waals surface area contributed by atoms with E-state index in [0.717, 1.165) is 32.6 Å². The summed E-state index contributed by atoms with van der Waals surface area (Å²) in [4.78, 5) is 16.6. The van der Waals surface area contributed by atoms with E-state index in [9.17, 15) is 9.18 Å². The molecular weight excluding hydrogens is 257 g/mol. The van der Waals surface area contributed by atoms with Crippen molar-refractivity contribution in [2.75, 3.05) is 31.9 Å². The van der Waals surface area contributed by atoms with E-state index in [4.69, 9.17) is 5.73 Å². The monoisotopic (exact) mass is 279 g/mol. The number of nitrogens with zero attached hydrogens (tertiary/aromatic N) is 2. The van der Waals surface area contributed by atoms with Gasteiger partial charge in [0.25, 0.3) is 5.91 Å². The third-order valence-corrected chi connectivity index (χ3v) is 4.02. The summed E-state index contributed by atoms with van der Waals surface area (Å²) < 4.78 is 13.1. The number of amides is 1. The third-order valence-electron chi connectivity index (χ3n) is 4.02. The lowest BCUT2D eigenvalue weighted by molar-refractivity contribution is 0.0778. The molecule has 20 heavy (non-hydrogen) atoms. The summed E-state index contributed by atoms with van der Waals surface area (Å²) in [7, 11) is 0. The number of carbonyl (C=O) groups is 1. The maximum absolute atomic E-state index is 13.1. The molecule has 1 aliphatic heterocycles. The maximum atomic E-state index is 13.1. The largest absolute Gasteiger partial charge is 0.396 e. The molecule has 4 nitrogen and oxygen atoms in total. The molecule has 2 N–H and O–H groups in total. The zero-order valence-electron chi connectivity index (χ0n) is 12.1. The molecular formula is C15H22FN3O. The Morgan fingerprint density at radius 1 is 1.45 bits per heavy atom. The molecule has 1 amide bonds. The van der Waals surface area contributed by atoms with Crippen LogP contribution in [0.1, 0.15) is 30.6 Å². The molecule has 0 spiro atoms. The first kappa shape index (κ1) is 14.8. The number of hydrogen-bond acceptors (Lipinski definition) is 3. The molecule has 0 saturated carbocycles. The number of hydrogen-bond donors (Lipinski definition) is 1. The summed E-state index contributed by atoms with van der Waals surface area (Å²) in [6.07, 6.45) is 0.990. The molecule has 1 aromatic rings. The van der Waals surface area contributed by atoms with Crippen molar-refractivity contribution >= 4 is 11.6 Å². The van der Waals surface area contributed by atoms with Gasteiger partial charge in [0.1, 0.15) is 5.82 Å². The smallest absolute Gasteiger partial charge is 0.253 e. The molecule has 110 valence electrons. The van der Waals surface area contributed by atoms with Gasteiger partial charge in [-0.1, -0.05) is 13.8 Å². The van der Waals surface area contributed by atoms with Crippen LogP contribution in [0.25, 0.3) is 0 Å². The number of likely N-dealkylation sites (tertiary alicyclic amines) is 1. The lowest BCUT2D eigenvalue weighted by Crippen LogP contribution is -2.38. The zero-order valence-corrected chi connectivity index (χ0v) is 12.1. The summed E-state index contributed by atoms with van der Waals surface area (Å²) >= 11 is 0. The summed E-state index contributed by atoms with van der Waals surface area (Å²) in [5.74, 6) is -0.546. The minimum absolute atomic E-state index is 0.0235. The Hall–Kier alpha value is -1.62. The van der Waals surface area contributed by atoms with Crippen molar-refractivity contribution in [2.45, 2.75) is 26.3 Å². The normalized spacial score (nSPS) is 18.8. The highest BCUT2D eigenvalue weighted by molar-refractivity contribution is 5.95. The molecule has 0 aliphatic carbocycles. The van der Waals surface area contributed by atoms with Crippen LogP contribution in [0.4, 0.5) is 10.1 Å². The predicted octanol–water partition coefficient (Wildman–Crippen LogP) is 1.96. The van der Waals surface area contributed by atoms with Gasteiger partial charge in [-0.05, 0) is 37.7 Å². The van der Waals surface area contributed by atoms with Crippen LogP contribution in [0, 0.1) is 5.82 Å². The minimum Gasteiger partial charge on any atom is -0.396 e. The van der Waals surface area contributed by atoms with Crippen LogP contribution in [0.15, 0.2) is 18.2 Å². The van der Waals surface area contributed by atoms with Crippen LogP contribution in [-0.4, -0.2) is 47.9 Å². The molecule has 1 unspecified atom stereocenters. The first-order valence-electron chi connectivity index (χ1n) is 7.15. The van der Waals surface area contributed by atoms with Crippen molar-refractivity contribution in [3.05, 3.63) is 29.6 Å². The summed E-state index contributed by atoms with van der Waals surface area (Å²) in [5, 5.41) is 0. The topological polar surface area (TPSA) is 49.6 Å². The lowest BCUT2D eigenvalue weighted by Gasteiger charge is -2.26. The van der Waals surface area contributed by atoms with Crippen LogP contribution in [0.5, 0.6) is 0 Å². The minimum atomic E-state index is -0.482. The fraction of sp³-hybridized carbons (Fsp3) is 0.533. The Kier molecular flexibility index (Phi) is 4.60. The van der Waals surface area contributed by atoms with Crippen molar-refractivity contribution in [3.63, 3.8) is 0 Å². The van der Waals surface area contributed by atoms with Gasteiger partial charge in [0.15, 0.2) is 0 Å². The van der Waals surface area contributed by atoms with E-state index in [-0.39, 0.29) is 11.6 Å². The van der Waals surface area contributed by atoms with E-state index in [2.05, 4.69) is 18.7 Å². The van der Waals surface area contributed by atoms with Crippen molar-refractivity contribution in [1.29, 1.82) is 0 Å². The maximum Gasteiger partial charge on any atom is 0.253 e. The first-order valence-corrected chi connectivity index (χ1v) is 7.15. The second-order valence-electron chi connectivity index (χ2n) is 5.15. The van der Waals surface area contributed by atoms with E-state index >= 15 is 0 Å². The molecule has 2 rings (SSSR count). The number of carbonyl (C=O) groups excluding carboxylic acids is 1.